The van der Waals surface area contributed by atoms with Crippen LogP contribution >= 0.6 is 0 Å². The van der Waals surface area contributed by atoms with Gasteiger partial charge >= 0.3 is 12.0 Å². The van der Waals surface area contributed by atoms with Crippen LogP contribution in [0.1, 0.15) is 36.6 Å². The number of nitrogens with zero attached hydrogens (tertiary/aromatic N) is 2. The number of rotatable bonds is 12. The van der Waals surface area contributed by atoms with E-state index in [-0.39, 0.29) is 12.2 Å². The highest BCUT2D eigenvalue weighted by Crippen LogP contribution is 2.35. The number of fused-ring (bicyclic) bond motifs is 2. The van der Waals surface area contributed by atoms with Crippen LogP contribution in [0.2, 0.25) is 0 Å². The quantitative estimate of drug-likeness (QED) is 0.0620. The Morgan fingerprint density at radius 3 is 2.60 bits per heavy atom. The third-order valence-corrected chi connectivity index (χ3v) is 8.14. The maximum absolute atomic E-state index is 12.5. The summed E-state index contributed by atoms with van der Waals surface area (Å²) in [5.74, 6) is 0.203. The van der Waals surface area contributed by atoms with Crippen molar-refractivity contribution in [1.82, 2.24) is 20.6 Å². The van der Waals surface area contributed by atoms with Crippen LogP contribution in [0.4, 0.5) is 4.79 Å². The van der Waals surface area contributed by atoms with Crippen LogP contribution in [0, 0.1) is 0 Å². The average molecular weight is 648 g/mol. The molecule has 11 nitrogen and oxygen atoms in total. The molecule has 2 heterocycles. The Hall–Kier alpha value is -5.81. The van der Waals surface area contributed by atoms with Crippen molar-refractivity contribution in [3.8, 4) is 11.5 Å². The Bertz CT molecular complexity index is 2030. The molecule has 0 radical (unpaired) electrons. The van der Waals surface area contributed by atoms with E-state index in [4.69, 9.17) is 14.2 Å². The second kappa shape index (κ2) is 14.3. The highest BCUT2D eigenvalue weighted by Gasteiger charge is 2.32. The summed E-state index contributed by atoms with van der Waals surface area (Å²) < 4.78 is 18.8. The van der Waals surface area contributed by atoms with Crippen molar-refractivity contribution in [2.75, 3.05) is 20.3 Å². The minimum absolute atomic E-state index is 0.129. The van der Waals surface area contributed by atoms with Crippen LogP contribution < -0.4 is 25.5 Å². The zero-order valence-corrected chi connectivity index (χ0v) is 26.9. The third-order valence-electron chi connectivity index (χ3n) is 8.14. The van der Waals surface area contributed by atoms with Gasteiger partial charge in [-0.1, -0.05) is 66.7 Å². The first-order chi connectivity index (χ1) is 23.4. The number of ether oxygens (including phenoxy) is 3. The van der Waals surface area contributed by atoms with Gasteiger partial charge in [-0.15, -0.1) is 0 Å². The van der Waals surface area contributed by atoms with E-state index < -0.39 is 24.3 Å². The summed E-state index contributed by atoms with van der Waals surface area (Å²) in [5.41, 5.74) is 7.22. The van der Waals surface area contributed by atoms with Crippen molar-refractivity contribution < 1.29 is 28.9 Å². The third kappa shape index (κ3) is 6.81. The zero-order chi connectivity index (χ0) is 33.6. The average Bonchev–Trinajstić information content (AvgIpc) is 3.44. The van der Waals surface area contributed by atoms with Crippen molar-refractivity contribution >= 4 is 39.9 Å². The molecular weight excluding hydrogens is 610 g/mol. The maximum atomic E-state index is 12.5. The molecule has 0 saturated carbocycles. The normalized spacial score (nSPS) is 15.3. The van der Waals surface area contributed by atoms with Crippen LogP contribution in [0.15, 0.2) is 107 Å². The Balaban J connectivity index is 1.14. The SMILES string of the molecule is CCOc1cc([C@@H]2NC(=O)NC(C)=C2C(=O)OC)ccc1OC[C@H](O)N/N=C/c1cn(Cc2cccc3ccccc23)c2ccccc12. The van der Waals surface area contributed by atoms with E-state index in [1.54, 1.807) is 31.3 Å². The molecule has 1 aromatic heterocycles. The number of amides is 2. The predicted octanol–water partition coefficient (Wildman–Crippen LogP) is 5.36. The molecule has 1 aliphatic heterocycles. The van der Waals surface area contributed by atoms with Gasteiger partial charge in [0.25, 0.3) is 0 Å². The second-order valence-electron chi connectivity index (χ2n) is 11.3. The molecule has 0 bridgehead atoms. The van der Waals surface area contributed by atoms with Crippen molar-refractivity contribution in [2.45, 2.75) is 32.7 Å². The number of aromatic nitrogens is 1. The molecule has 0 unspecified atom stereocenters. The second-order valence-corrected chi connectivity index (χ2v) is 11.3. The standard InChI is InChI=1S/C37H37N5O6/c1-4-47-32-18-25(35-34(36(44)46-3)23(2)39-37(45)40-35)16-17-31(32)48-22-33(43)41-38-19-27-21-42(30-15-8-7-14-29(27)30)20-26-12-9-11-24-10-5-6-13-28(24)26/h5-19,21,33,35,41,43H,4,20,22H2,1-3H3,(H2,39,40,45)/b38-19+/t33-,35-/m0/s1. The Morgan fingerprint density at radius 1 is 1.02 bits per heavy atom. The summed E-state index contributed by atoms with van der Waals surface area (Å²) in [6, 6.07) is 26.8. The van der Waals surface area contributed by atoms with Crippen LogP contribution in [0.5, 0.6) is 11.5 Å². The lowest BCUT2D eigenvalue weighted by Gasteiger charge is -2.28. The van der Waals surface area contributed by atoms with Gasteiger partial charge in [0.2, 0.25) is 0 Å². The van der Waals surface area contributed by atoms with E-state index in [9.17, 15) is 14.7 Å². The fourth-order valence-electron chi connectivity index (χ4n) is 5.94. The Labute approximate surface area is 277 Å². The lowest BCUT2D eigenvalue weighted by Crippen LogP contribution is -2.45. The number of benzene rings is 4. The molecule has 2 amide bonds. The summed E-state index contributed by atoms with van der Waals surface area (Å²) in [6.07, 6.45) is 2.62. The van der Waals surface area contributed by atoms with Crippen LogP contribution in [-0.4, -0.2) is 54.4 Å². The van der Waals surface area contributed by atoms with Crippen molar-refractivity contribution in [2.24, 2.45) is 5.10 Å². The topological polar surface area (TPSA) is 135 Å². The summed E-state index contributed by atoms with van der Waals surface area (Å²) in [4.78, 5) is 24.7. The number of nitrogens with one attached hydrogen (secondary N) is 3. The van der Waals surface area contributed by atoms with E-state index >= 15 is 0 Å². The Kier molecular flexibility index (Phi) is 9.58. The minimum atomic E-state index is -1.13. The van der Waals surface area contributed by atoms with Gasteiger partial charge in [-0.25, -0.2) is 9.59 Å². The van der Waals surface area contributed by atoms with Gasteiger partial charge in [-0.3, -0.25) is 5.43 Å². The molecule has 11 heteroatoms. The molecular formula is C37H37N5O6. The maximum Gasteiger partial charge on any atom is 0.337 e. The number of aliphatic hydroxyl groups excluding tert-OH is 1. The number of hydrogen-bond acceptors (Lipinski definition) is 8. The molecule has 48 heavy (non-hydrogen) atoms. The lowest BCUT2D eigenvalue weighted by molar-refractivity contribution is -0.136. The summed E-state index contributed by atoms with van der Waals surface area (Å²) in [6.45, 7) is 4.38. The molecule has 6 rings (SSSR count). The fraction of sp³-hybridized carbons (Fsp3) is 0.216. The number of aliphatic hydroxyl groups is 1. The highest BCUT2D eigenvalue weighted by atomic mass is 16.5. The Morgan fingerprint density at radius 2 is 1.79 bits per heavy atom. The van der Waals surface area contributed by atoms with Gasteiger partial charge in [-0.05, 0) is 53.9 Å². The molecule has 2 atom stereocenters. The first kappa shape index (κ1) is 32.1. The highest BCUT2D eigenvalue weighted by molar-refractivity contribution is 5.99. The van der Waals surface area contributed by atoms with E-state index in [1.807, 2.05) is 25.1 Å². The molecule has 0 fully saturated rings. The van der Waals surface area contributed by atoms with Crippen LogP contribution in [0.25, 0.3) is 21.7 Å². The van der Waals surface area contributed by atoms with E-state index in [1.165, 1.54) is 23.4 Å². The number of urea groups is 1. The number of esters is 1. The van der Waals surface area contributed by atoms with Gasteiger partial charge in [0.05, 0.1) is 31.5 Å². The summed E-state index contributed by atoms with van der Waals surface area (Å²) >= 11 is 0. The number of para-hydroxylation sites is 1. The van der Waals surface area contributed by atoms with E-state index in [0.717, 1.165) is 16.5 Å². The van der Waals surface area contributed by atoms with Gasteiger partial charge in [-0.2, -0.15) is 5.10 Å². The molecule has 246 valence electrons. The molecule has 0 saturated heterocycles. The van der Waals surface area contributed by atoms with Crippen molar-refractivity contribution in [3.63, 3.8) is 0 Å². The molecule has 5 aromatic rings. The number of allylic oxidation sites excluding steroid dienone is 1. The van der Waals surface area contributed by atoms with E-state index in [2.05, 4.69) is 80.5 Å². The first-order valence-electron chi connectivity index (χ1n) is 15.6. The summed E-state index contributed by atoms with van der Waals surface area (Å²) in [5, 5.41) is 23.8. The van der Waals surface area contributed by atoms with Gasteiger partial charge in [0, 0.05) is 34.9 Å². The number of hydrazone groups is 1. The van der Waals surface area contributed by atoms with Crippen molar-refractivity contribution in [3.05, 3.63) is 119 Å². The molecule has 0 aliphatic carbocycles. The van der Waals surface area contributed by atoms with Gasteiger partial charge < -0.3 is 34.5 Å². The van der Waals surface area contributed by atoms with Crippen molar-refractivity contribution in [1.29, 1.82) is 0 Å². The number of methoxy groups -OCH3 is 1. The predicted molar refractivity (Wildman–Crippen MR) is 184 cm³/mol. The molecule has 4 aromatic carbocycles. The number of carbonyl (C=O) groups is 2. The smallest absolute Gasteiger partial charge is 0.337 e. The molecule has 4 N–H and O–H groups in total. The number of hydrogen-bond donors (Lipinski definition) is 4. The lowest BCUT2D eigenvalue weighted by atomic mass is 9.95. The largest absolute Gasteiger partial charge is 0.490 e. The minimum Gasteiger partial charge on any atom is -0.490 e. The van der Waals surface area contributed by atoms with Crippen LogP contribution in [0.3, 0.4) is 0 Å². The van der Waals surface area contributed by atoms with Gasteiger partial charge in [0.1, 0.15) is 6.61 Å². The van der Waals surface area contributed by atoms with Crippen LogP contribution in [-0.2, 0) is 16.1 Å². The van der Waals surface area contributed by atoms with E-state index in [0.29, 0.717) is 35.9 Å². The zero-order valence-electron chi connectivity index (χ0n) is 26.9. The fourth-order valence-corrected chi connectivity index (χ4v) is 5.94. The summed E-state index contributed by atoms with van der Waals surface area (Å²) in [7, 11) is 1.29. The molecule has 1 aliphatic rings. The van der Waals surface area contributed by atoms with Gasteiger partial charge in [0.15, 0.2) is 17.7 Å². The number of carbonyl (C=O) groups excluding carboxylic acids is 2. The first-order valence-corrected chi connectivity index (χ1v) is 15.6. The monoisotopic (exact) mass is 647 g/mol. The molecule has 0 spiro atoms.